The number of carbonyl (C=O) groups is 5. The fraction of sp³-hybridized carbons (Fsp3) is 0.667. The summed E-state index contributed by atoms with van der Waals surface area (Å²) in [6, 6.07) is -4.15. The Morgan fingerprint density at radius 1 is 0.857 bits per heavy atom. The summed E-state index contributed by atoms with van der Waals surface area (Å²) in [7, 11) is 0. The standard InChI is InChI=1S/C15H28N6O7/c16-4-2-1-3-8(15(27)28)20-14(26)10(7-22)21-13(25)9(5-11(18)23)19-12(24)6-17/h8-10,22H,1-7,16-17H2,(H2,18,23)(H,19,24)(H,20,26)(H,21,25)(H,27,28). The second-order valence-electron chi connectivity index (χ2n) is 5.92. The lowest BCUT2D eigenvalue weighted by Gasteiger charge is -2.23. The number of rotatable bonds is 14. The molecule has 3 atom stereocenters. The van der Waals surface area contributed by atoms with Gasteiger partial charge in [0.05, 0.1) is 19.6 Å². The highest BCUT2D eigenvalue weighted by molar-refractivity contribution is 5.95. The molecular weight excluding hydrogens is 376 g/mol. The quantitative estimate of drug-likeness (QED) is 0.130. The molecule has 0 aromatic rings. The summed E-state index contributed by atoms with van der Waals surface area (Å²) in [4.78, 5) is 58.1. The van der Waals surface area contributed by atoms with Crippen LogP contribution in [0.4, 0.5) is 0 Å². The van der Waals surface area contributed by atoms with Gasteiger partial charge >= 0.3 is 5.97 Å². The molecule has 0 saturated heterocycles. The third-order valence-corrected chi connectivity index (χ3v) is 3.62. The van der Waals surface area contributed by atoms with Crippen LogP contribution in [0.5, 0.6) is 0 Å². The largest absolute Gasteiger partial charge is 0.480 e. The van der Waals surface area contributed by atoms with Crippen LogP contribution in [-0.4, -0.2) is 77.6 Å². The van der Waals surface area contributed by atoms with Crippen LogP contribution in [0.25, 0.3) is 0 Å². The molecule has 4 amide bonds. The summed E-state index contributed by atoms with van der Waals surface area (Å²) in [5, 5.41) is 25.0. The van der Waals surface area contributed by atoms with Crippen molar-refractivity contribution in [3.8, 4) is 0 Å². The van der Waals surface area contributed by atoms with E-state index >= 15 is 0 Å². The molecule has 0 aliphatic heterocycles. The van der Waals surface area contributed by atoms with Gasteiger partial charge in [0.25, 0.3) is 0 Å². The molecule has 0 bridgehead atoms. The van der Waals surface area contributed by atoms with Gasteiger partial charge in [-0.1, -0.05) is 0 Å². The Labute approximate surface area is 161 Å². The number of hydrogen-bond donors (Lipinski definition) is 8. The number of primary amides is 1. The Bertz CT molecular complexity index is 571. The fourth-order valence-corrected chi connectivity index (χ4v) is 2.15. The molecule has 13 nitrogen and oxygen atoms in total. The average molecular weight is 404 g/mol. The van der Waals surface area contributed by atoms with Gasteiger partial charge in [-0.2, -0.15) is 0 Å². The second kappa shape index (κ2) is 13.4. The van der Waals surface area contributed by atoms with Gasteiger partial charge in [0.1, 0.15) is 18.1 Å². The first kappa shape index (κ1) is 25.2. The molecule has 28 heavy (non-hydrogen) atoms. The Hall–Kier alpha value is -2.77. The number of unbranched alkanes of at least 4 members (excludes halogenated alkanes) is 1. The van der Waals surface area contributed by atoms with Crippen molar-refractivity contribution in [3.63, 3.8) is 0 Å². The van der Waals surface area contributed by atoms with Crippen molar-refractivity contribution in [2.75, 3.05) is 19.7 Å². The van der Waals surface area contributed by atoms with Gasteiger partial charge in [0.15, 0.2) is 0 Å². The number of nitrogens with one attached hydrogen (secondary N) is 3. The molecule has 0 radical (unpaired) electrons. The lowest BCUT2D eigenvalue weighted by Crippen LogP contribution is -2.57. The zero-order chi connectivity index (χ0) is 21.7. The lowest BCUT2D eigenvalue weighted by atomic mass is 10.1. The third-order valence-electron chi connectivity index (χ3n) is 3.62. The van der Waals surface area contributed by atoms with E-state index in [1.54, 1.807) is 0 Å². The van der Waals surface area contributed by atoms with Crippen LogP contribution in [-0.2, 0) is 24.0 Å². The first-order valence-corrected chi connectivity index (χ1v) is 8.58. The number of carboxylic acids is 1. The van der Waals surface area contributed by atoms with E-state index in [1.807, 2.05) is 0 Å². The van der Waals surface area contributed by atoms with E-state index in [0.717, 1.165) is 0 Å². The van der Waals surface area contributed by atoms with Gasteiger partial charge in [-0.05, 0) is 25.8 Å². The maximum absolute atomic E-state index is 12.2. The minimum Gasteiger partial charge on any atom is -0.480 e. The average Bonchev–Trinajstić information content (AvgIpc) is 2.63. The Balaban J connectivity index is 5.02. The summed E-state index contributed by atoms with van der Waals surface area (Å²) in [6.45, 7) is -0.929. The topological polar surface area (TPSA) is 240 Å². The predicted molar refractivity (Wildman–Crippen MR) is 96.3 cm³/mol. The Morgan fingerprint density at radius 3 is 1.89 bits per heavy atom. The molecule has 11 N–H and O–H groups in total. The zero-order valence-corrected chi connectivity index (χ0v) is 15.3. The van der Waals surface area contributed by atoms with Crippen molar-refractivity contribution < 1.29 is 34.2 Å². The van der Waals surface area contributed by atoms with Gasteiger partial charge in [-0.25, -0.2) is 4.79 Å². The minimum atomic E-state index is -1.51. The highest BCUT2D eigenvalue weighted by Gasteiger charge is 2.29. The predicted octanol–water partition coefficient (Wildman–Crippen LogP) is -4.52. The van der Waals surface area contributed by atoms with E-state index in [0.29, 0.717) is 19.4 Å². The molecule has 160 valence electrons. The van der Waals surface area contributed by atoms with Crippen molar-refractivity contribution in [2.24, 2.45) is 17.2 Å². The Kier molecular flexibility index (Phi) is 12.1. The molecule has 0 saturated carbocycles. The molecule has 0 aliphatic carbocycles. The van der Waals surface area contributed by atoms with E-state index in [4.69, 9.17) is 22.3 Å². The first-order chi connectivity index (χ1) is 13.2. The highest BCUT2D eigenvalue weighted by Crippen LogP contribution is 2.02. The summed E-state index contributed by atoms with van der Waals surface area (Å²) < 4.78 is 0. The molecule has 3 unspecified atom stereocenters. The van der Waals surface area contributed by atoms with E-state index in [9.17, 15) is 29.1 Å². The van der Waals surface area contributed by atoms with Crippen LogP contribution in [0, 0.1) is 0 Å². The second-order valence-corrected chi connectivity index (χ2v) is 5.92. The number of aliphatic hydroxyl groups excluding tert-OH is 1. The number of hydrogen-bond acceptors (Lipinski definition) is 8. The van der Waals surface area contributed by atoms with Gasteiger partial charge in [0.2, 0.25) is 23.6 Å². The number of carbonyl (C=O) groups excluding carboxylic acids is 4. The van der Waals surface area contributed by atoms with Crippen LogP contribution in [0.2, 0.25) is 0 Å². The Morgan fingerprint density at radius 2 is 1.43 bits per heavy atom. The van der Waals surface area contributed by atoms with Gasteiger partial charge in [-0.15, -0.1) is 0 Å². The number of amides is 4. The van der Waals surface area contributed by atoms with Crippen molar-refractivity contribution in [1.29, 1.82) is 0 Å². The van der Waals surface area contributed by atoms with Crippen molar-refractivity contribution in [2.45, 2.75) is 43.8 Å². The number of aliphatic hydroxyl groups is 1. The summed E-state index contributed by atoms with van der Waals surface area (Å²) in [5.74, 6) is -4.83. The minimum absolute atomic E-state index is 0.112. The molecule has 0 spiro atoms. The van der Waals surface area contributed by atoms with Gasteiger partial charge in [-0.3, -0.25) is 19.2 Å². The summed E-state index contributed by atoms with van der Waals surface area (Å²) in [6.07, 6.45) is 0.570. The summed E-state index contributed by atoms with van der Waals surface area (Å²) in [5.41, 5.74) is 15.5. The third kappa shape index (κ3) is 9.80. The van der Waals surface area contributed by atoms with Crippen molar-refractivity contribution >= 4 is 29.6 Å². The zero-order valence-electron chi connectivity index (χ0n) is 15.3. The van der Waals surface area contributed by atoms with E-state index in [-0.39, 0.29) is 6.42 Å². The highest BCUT2D eigenvalue weighted by atomic mass is 16.4. The maximum atomic E-state index is 12.2. The monoisotopic (exact) mass is 404 g/mol. The molecule has 0 fully saturated rings. The maximum Gasteiger partial charge on any atom is 0.326 e. The van der Waals surface area contributed by atoms with E-state index in [1.165, 1.54) is 0 Å². The van der Waals surface area contributed by atoms with Crippen LogP contribution < -0.4 is 33.2 Å². The lowest BCUT2D eigenvalue weighted by molar-refractivity contribution is -0.143. The van der Waals surface area contributed by atoms with Crippen LogP contribution >= 0.6 is 0 Å². The molecule has 0 heterocycles. The van der Waals surface area contributed by atoms with Crippen LogP contribution in [0.15, 0.2) is 0 Å². The fourth-order valence-electron chi connectivity index (χ4n) is 2.15. The van der Waals surface area contributed by atoms with Gasteiger partial charge < -0.3 is 43.4 Å². The van der Waals surface area contributed by atoms with E-state index in [2.05, 4.69) is 16.0 Å². The normalized spacial score (nSPS) is 13.7. The number of nitrogens with two attached hydrogens (primary N) is 3. The first-order valence-electron chi connectivity index (χ1n) is 8.58. The molecule has 0 rings (SSSR count). The smallest absolute Gasteiger partial charge is 0.326 e. The van der Waals surface area contributed by atoms with Crippen molar-refractivity contribution in [3.05, 3.63) is 0 Å². The SMILES string of the molecule is NCCCCC(NC(=O)C(CO)NC(=O)C(CC(N)=O)NC(=O)CN)C(=O)O. The van der Waals surface area contributed by atoms with Gasteiger partial charge in [0, 0.05) is 0 Å². The van der Waals surface area contributed by atoms with Crippen molar-refractivity contribution in [1.82, 2.24) is 16.0 Å². The molecule has 0 aromatic heterocycles. The molecule has 0 aliphatic rings. The number of carboxylic acid groups (broad SMARTS) is 1. The molecule has 0 aromatic carbocycles. The summed E-state index contributed by atoms with van der Waals surface area (Å²) >= 11 is 0. The van der Waals surface area contributed by atoms with E-state index < -0.39 is 67.3 Å². The van der Waals surface area contributed by atoms with Crippen LogP contribution in [0.3, 0.4) is 0 Å². The van der Waals surface area contributed by atoms with Crippen LogP contribution in [0.1, 0.15) is 25.7 Å². The molecular formula is C15H28N6O7. The number of aliphatic carboxylic acids is 1. The molecule has 13 heteroatoms.